The van der Waals surface area contributed by atoms with Crippen LogP contribution in [0.1, 0.15) is 39.3 Å². The zero-order chi connectivity index (χ0) is 12.7. The molecule has 92 valence electrons. The van der Waals surface area contributed by atoms with Gasteiger partial charge in [0.15, 0.2) is 5.69 Å². The van der Waals surface area contributed by atoms with Gasteiger partial charge in [0, 0.05) is 19.3 Å². The smallest absolute Gasteiger partial charge is 0.163 e. The third-order valence-electron chi connectivity index (χ3n) is 3.25. The summed E-state index contributed by atoms with van der Waals surface area (Å²) in [6.45, 7) is 8.48. The van der Waals surface area contributed by atoms with Crippen LogP contribution in [0.25, 0.3) is 0 Å². The topological polar surface area (TPSA) is 39.9 Å². The Morgan fingerprint density at radius 2 is 2.06 bits per heavy atom. The van der Waals surface area contributed by atoms with E-state index < -0.39 is 0 Å². The van der Waals surface area contributed by atoms with Crippen LogP contribution in [0.3, 0.4) is 0 Å². The molecule has 1 aromatic heterocycles. The summed E-state index contributed by atoms with van der Waals surface area (Å²) < 4.78 is 0. The highest BCUT2D eigenvalue weighted by Gasteiger charge is 2.14. The van der Waals surface area contributed by atoms with Crippen molar-refractivity contribution in [1.29, 1.82) is 5.26 Å². The molecule has 0 spiro atoms. The number of anilines is 1. The Labute approximate surface area is 104 Å². The molecule has 0 amide bonds. The molecule has 0 aliphatic carbocycles. The maximum Gasteiger partial charge on any atom is 0.163 e. The van der Waals surface area contributed by atoms with Crippen LogP contribution in [0, 0.1) is 17.2 Å². The number of hydrogen-bond acceptors (Lipinski definition) is 3. The van der Waals surface area contributed by atoms with Crippen LogP contribution in [0.4, 0.5) is 5.69 Å². The summed E-state index contributed by atoms with van der Waals surface area (Å²) in [6, 6.07) is 6.04. The fraction of sp³-hybridized carbons (Fsp3) is 0.571. The van der Waals surface area contributed by atoms with Gasteiger partial charge in [-0.05, 0) is 25.0 Å². The molecule has 0 fully saturated rings. The molecule has 0 radical (unpaired) electrons. The van der Waals surface area contributed by atoms with Gasteiger partial charge in [-0.2, -0.15) is 5.26 Å². The molecule has 0 atom stereocenters. The van der Waals surface area contributed by atoms with E-state index in [0.717, 1.165) is 18.8 Å². The lowest BCUT2D eigenvalue weighted by atomic mass is 10.0. The largest absolute Gasteiger partial charge is 0.369 e. The van der Waals surface area contributed by atoms with Gasteiger partial charge in [0.1, 0.15) is 6.07 Å². The summed E-state index contributed by atoms with van der Waals surface area (Å²) in [7, 11) is 0. The van der Waals surface area contributed by atoms with Gasteiger partial charge >= 0.3 is 0 Å². The molecule has 3 heteroatoms. The van der Waals surface area contributed by atoms with E-state index in [1.54, 1.807) is 6.20 Å². The number of pyridine rings is 1. The summed E-state index contributed by atoms with van der Waals surface area (Å²) in [5, 5.41) is 9.07. The fourth-order valence-electron chi connectivity index (χ4n) is 1.99. The van der Waals surface area contributed by atoms with Crippen LogP contribution >= 0.6 is 0 Å². The molecular weight excluding hydrogens is 210 g/mol. The van der Waals surface area contributed by atoms with Crippen molar-refractivity contribution in [2.24, 2.45) is 5.92 Å². The molecule has 0 bridgehead atoms. The highest BCUT2D eigenvalue weighted by Crippen LogP contribution is 2.20. The summed E-state index contributed by atoms with van der Waals surface area (Å²) in [4.78, 5) is 6.38. The van der Waals surface area contributed by atoms with Crippen molar-refractivity contribution in [3.63, 3.8) is 0 Å². The SMILES string of the molecule is CCC(CC)CN(CC)c1cccnc1C#N. The minimum atomic E-state index is 0.528. The minimum absolute atomic E-state index is 0.528. The van der Waals surface area contributed by atoms with Crippen molar-refractivity contribution >= 4 is 5.69 Å². The molecule has 1 heterocycles. The maximum absolute atomic E-state index is 9.07. The first-order chi connectivity index (χ1) is 8.26. The monoisotopic (exact) mass is 231 g/mol. The highest BCUT2D eigenvalue weighted by atomic mass is 15.1. The van der Waals surface area contributed by atoms with E-state index >= 15 is 0 Å². The summed E-state index contributed by atoms with van der Waals surface area (Å²) >= 11 is 0. The first kappa shape index (κ1) is 13.5. The van der Waals surface area contributed by atoms with Gasteiger partial charge in [-0.15, -0.1) is 0 Å². The number of rotatable bonds is 6. The summed E-state index contributed by atoms with van der Waals surface area (Å²) in [6.07, 6.45) is 4.03. The Bertz CT molecular complexity index is 377. The predicted molar refractivity (Wildman–Crippen MR) is 70.9 cm³/mol. The second-order valence-electron chi connectivity index (χ2n) is 4.20. The second-order valence-corrected chi connectivity index (χ2v) is 4.20. The molecular formula is C14H21N3. The van der Waals surface area contributed by atoms with E-state index in [1.165, 1.54) is 12.8 Å². The number of nitrogens with zero attached hydrogens (tertiary/aromatic N) is 3. The van der Waals surface area contributed by atoms with Crippen molar-refractivity contribution < 1.29 is 0 Å². The summed E-state index contributed by atoms with van der Waals surface area (Å²) in [5.41, 5.74) is 1.49. The first-order valence-electron chi connectivity index (χ1n) is 6.36. The van der Waals surface area contributed by atoms with Crippen LogP contribution < -0.4 is 4.90 Å². The maximum atomic E-state index is 9.07. The van der Waals surface area contributed by atoms with Crippen LogP contribution in [-0.4, -0.2) is 18.1 Å². The van der Waals surface area contributed by atoms with Gasteiger partial charge in [-0.1, -0.05) is 26.7 Å². The fourth-order valence-corrected chi connectivity index (χ4v) is 1.99. The Morgan fingerprint density at radius 3 is 2.59 bits per heavy atom. The Morgan fingerprint density at radius 1 is 1.35 bits per heavy atom. The molecule has 0 saturated carbocycles. The van der Waals surface area contributed by atoms with Gasteiger partial charge < -0.3 is 4.90 Å². The molecule has 1 rings (SSSR count). The van der Waals surface area contributed by atoms with Crippen molar-refractivity contribution in [1.82, 2.24) is 4.98 Å². The van der Waals surface area contributed by atoms with Crippen molar-refractivity contribution in [3.05, 3.63) is 24.0 Å². The van der Waals surface area contributed by atoms with Crippen molar-refractivity contribution in [2.75, 3.05) is 18.0 Å². The average molecular weight is 231 g/mol. The Hall–Kier alpha value is -1.56. The zero-order valence-electron chi connectivity index (χ0n) is 11.0. The molecule has 0 aromatic carbocycles. The lowest BCUT2D eigenvalue weighted by Crippen LogP contribution is -2.29. The quantitative estimate of drug-likeness (QED) is 0.754. The molecule has 0 aliphatic heterocycles. The van der Waals surface area contributed by atoms with E-state index in [9.17, 15) is 0 Å². The highest BCUT2D eigenvalue weighted by molar-refractivity contribution is 5.55. The van der Waals surface area contributed by atoms with E-state index in [0.29, 0.717) is 11.6 Å². The zero-order valence-corrected chi connectivity index (χ0v) is 11.0. The van der Waals surface area contributed by atoms with Gasteiger partial charge in [-0.3, -0.25) is 0 Å². The van der Waals surface area contributed by atoms with Crippen molar-refractivity contribution in [3.8, 4) is 6.07 Å². The molecule has 0 saturated heterocycles. The average Bonchev–Trinajstić information content (AvgIpc) is 2.40. The van der Waals surface area contributed by atoms with Crippen LogP contribution in [0.15, 0.2) is 18.3 Å². The van der Waals surface area contributed by atoms with Crippen LogP contribution in [-0.2, 0) is 0 Å². The Kier molecular flexibility index (Phi) is 5.48. The number of aromatic nitrogens is 1. The van der Waals surface area contributed by atoms with E-state index in [1.807, 2.05) is 12.1 Å². The first-order valence-corrected chi connectivity index (χ1v) is 6.36. The summed E-state index contributed by atoms with van der Waals surface area (Å²) in [5.74, 6) is 0.682. The van der Waals surface area contributed by atoms with E-state index in [-0.39, 0.29) is 0 Å². The van der Waals surface area contributed by atoms with Gasteiger partial charge in [0.2, 0.25) is 0 Å². The lowest BCUT2D eigenvalue weighted by Gasteiger charge is -2.27. The normalized spacial score (nSPS) is 10.3. The van der Waals surface area contributed by atoms with Crippen LogP contribution in [0.5, 0.6) is 0 Å². The molecule has 1 aromatic rings. The molecule has 0 N–H and O–H groups in total. The predicted octanol–water partition coefficient (Wildman–Crippen LogP) is 3.22. The Balaban J connectivity index is 2.90. The van der Waals surface area contributed by atoms with Crippen molar-refractivity contribution in [2.45, 2.75) is 33.6 Å². The van der Waals surface area contributed by atoms with Gasteiger partial charge in [0.05, 0.1) is 5.69 Å². The number of hydrogen-bond donors (Lipinski definition) is 0. The van der Waals surface area contributed by atoms with E-state index in [4.69, 9.17) is 5.26 Å². The van der Waals surface area contributed by atoms with E-state index in [2.05, 4.69) is 36.7 Å². The molecule has 17 heavy (non-hydrogen) atoms. The molecule has 0 unspecified atom stereocenters. The second kappa shape index (κ2) is 6.90. The molecule has 3 nitrogen and oxygen atoms in total. The lowest BCUT2D eigenvalue weighted by molar-refractivity contribution is 0.486. The third kappa shape index (κ3) is 3.45. The van der Waals surface area contributed by atoms with Crippen LogP contribution in [0.2, 0.25) is 0 Å². The standard InChI is InChI=1S/C14H21N3/c1-4-12(5-2)11-17(6-3)14-8-7-9-16-13(14)10-15/h7-9,12H,4-6,11H2,1-3H3. The minimum Gasteiger partial charge on any atom is -0.369 e. The number of nitriles is 1. The van der Waals surface area contributed by atoms with Gasteiger partial charge in [0.25, 0.3) is 0 Å². The third-order valence-corrected chi connectivity index (χ3v) is 3.25. The molecule has 0 aliphatic rings. The van der Waals surface area contributed by atoms with Gasteiger partial charge in [-0.25, -0.2) is 4.98 Å².